The maximum absolute atomic E-state index is 9.67. The van der Waals surface area contributed by atoms with Gasteiger partial charge in [-0.1, -0.05) is 133 Å². The molecule has 8 aromatic carbocycles. The summed E-state index contributed by atoms with van der Waals surface area (Å²) in [4.78, 5) is 0. The maximum Gasteiger partial charge on any atom is 0.127 e. The van der Waals surface area contributed by atoms with Gasteiger partial charge in [0.2, 0.25) is 0 Å². The van der Waals surface area contributed by atoms with Crippen LogP contribution in [0.5, 0.6) is 5.75 Å². The van der Waals surface area contributed by atoms with E-state index < -0.39 is 0 Å². The smallest absolute Gasteiger partial charge is 0.127 e. The number of hydrogen-bond acceptors (Lipinski definition) is 2. The highest BCUT2D eigenvalue weighted by atomic mass is 16.5. The zero-order valence-corrected chi connectivity index (χ0v) is 24.2. The zero-order valence-electron chi connectivity index (χ0n) is 24.2. The minimum Gasteiger partial charge on any atom is -0.491 e. The van der Waals surface area contributed by atoms with Crippen LogP contribution in [0.2, 0.25) is 0 Å². The van der Waals surface area contributed by atoms with Gasteiger partial charge in [-0.05, 0) is 89.1 Å². The minimum atomic E-state index is -0.0454. The van der Waals surface area contributed by atoms with Crippen LogP contribution in [-0.2, 0) is 0 Å². The highest BCUT2D eigenvalue weighted by Gasteiger charge is 2.17. The highest BCUT2D eigenvalue weighted by molar-refractivity contribution is 6.13. The molecule has 0 amide bonds. The standard InChI is InChI=1S/C42H30O2/c43-24-25-44-41-23-22-38-35(33-21-19-29-9-2-4-11-31(29)27-33)13-6-16-40(38)42(41)39-17-7-14-36-34(12-5-15-37(36)39)32-20-18-28-8-1-3-10-30(28)26-32/h1-23,26-27,43H,24-25H2. The highest BCUT2D eigenvalue weighted by Crippen LogP contribution is 2.44. The Morgan fingerprint density at radius 1 is 0.409 bits per heavy atom. The van der Waals surface area contributed by atoms with Crippen molar-refractivity contribution in [3.05, 3.63) is 152 Å². The van der Waals surface area contributed by atoms with Gasteiger partial charge in [0.15, 0.2) is 0 Å². The van der Waals surface area contributed by atoms with Crippen LogP contribution in [0.15, 0.2) is 152 Å². The summed E-state index contributed by atoms with van der Waals surface area (Å²) in [6.07, 6.45) is 0. The van der Waals surface area contributed by atoms with E-state index >= 15 is 0 Å². The summed E-state index contributed by atoms with van der Waals surface area (Å²) in [7, 11) is 0. The second kappa shape index (κ2) is 11.0. The molecule has 0 aliphatic carbocycles. The Hall–Kier alpha value is -5.44. The molecule has 2 heteroatoms. The molecule has 0 spiro atoms. The Morgan fingerprint density at radius 3 is 1.50 bits per heavy atom. The molecule has 0 radical (unpaired) electrons. The summed E-state index contributed by atoms with van der Waals surface area (Å²) >= 11 is 0. The number of hydrogen-bond donors (Lipinski definition) is 1. The molecule has 0 aliphatic heterocycles. The average molecular weight is 567 g/mol. The lowest BCUT2D eigenvalue weighted by Crippen LogP contribution is -2.03. The first-order valence-corrected chi connectivity index (χ1v) is 15.1. The fraction of sp³-hybridized carbons (Fsp3) is 0.0476. The molecule has 210 valence electrons. The third-order valence-corrected chi connectivity index (χ3v) is 8.68. The van der Waals surface area contributed by atoms with E-state index in [9.17, 15) is 5.11 Å². The molecule has 0 heterocycles. The number of aliphatic hydroxyl groups excluding tert-OH is 1. The number of aliphatic hydroxyl groups is 1. The van der Waals surface area contributed by atoms with Crippen LogP contribution >= 0.6 is 0 Å². The van der Waals surface area contributed by atoms with E-state index in [0.717, 1.165) is 33.0 Å². The van der Waals surface area contributed by atoms with Crippen molar-refractivity contribution in [2.45, 2.75) is 0 Å². The van der Waals surface area contributed by atoms with Crippen LogP contribution in [0.4, 0.5) is 0 Å². The lowest BCUT2D eigenvalue weighted by molar-refractivity contribution is 0.202. The van der Waals surface area contributed by atoms with E-state index in [0.29, 0.717) is 0 Å². The Morgan fingerprint density at radius 2 is 0.909 bits per heavy atom. The SMILES string of the molecule is OCCOc1ccc2c(-c3ccc4ccccc4c3)cccc2c1-c1cccc2c(-c3ccc4ccccc4c3)cccc12. The van der Waals surface area contributed by atoms with Gasteiger partial charge in [-0.25, -0.2) is 0 Å². The first kappa shape index (κ1) is 26.2. The molecule has 1 N–H and O–H groups in total. The van der Waals surface area contributed by atoms with Crippen molar-refractivity contribution in [3.8, 4) is 39.1 Å². The number of ether oxygens (including phenoxy) is 1. The van der Waals surface area contributed by atoms with E-state index in [1.54, 1.807) is 0 Å². The van der Waals surface area contributed by atoms with Crippen molar-refractivity contribution >= 4 is 43.1 Å². The van der Waals surface area contributed by atoms with Gasteiger partial charge in [0.05, 0.1) is 6.61 Å². The zero-order chi connectivity index (χ0) is 29.5. The van der Waals surface area contributed by atoms with Gasteiger partial charge in [0.25, 0.3) is 0 Å². The largest absolute Gasteiger partial charge is 0.491 e. The summed E-state index contributed by atoms with van der Waals surface area (Å²) in [6, 6.07) is 54.2. The Balaban J connectivity index is 1.36. The van der Waals surface area contributed by atoms with E-state index in [2.05, 4.69) is 152 Å². The first-order valence-electron chi connectivity index (χ1n) is 15.1. The number of rotatable bonds is 6. The van der Waals surface area contributed by atoms with Crippen LogP contribution in [0.3, 0.4) is 0 Å². The van der Waals surface area contributed by atoms with Gasteiger partial charge < -0.3 is 9.84 Å². The molecular formula is C42H30O2. The summed E-state index contributed by atoms with van der Waals surface area (Å²) < 4.78 is 6.21. The van der Waals surface area contributed by atoms with Gasteiger partial charge in [0.1, 0.15) is 12.4 Å². The quantitative estimate of drug-likeness (QED) is 0.217. The van der Waals surface area contributed by atoms with Crippen molar-refractivity contribution in [2.24, 2.45) is 0 Å². The molecule has 0 bridgehead atoms. The van der Waals surface area contributed by atoms with Crippen molar-refractivity contribution < 1.29 is 9.84 Å². The summed E-state index contributed by atoms with van der Waals surface area (Å²) in [5.74, 6) is 0.769. The van der Waals surface area contributed by atoms with E-state index in [1.807, 2.05) is 0 Å². The lowest BCUT2D eigenvalue weighted by atomic mass is 9.88. The van der Waals surface area contributed by atoms with Crippen molar-refractivity contribution in [2.75, 3.05) is 13.2 Å². The second-order valence-corrected chi connectivity index (χ2v) is 11.2. The average Bonchev–Trinajstić information content (AvgIpc) is 3.09. The van der Waals surface area contributed by atoms with Gasteiger partial charge in [0, 0.05) is 5.56 Å². The van der Waals surface area contributed by atoms with Gasteiger partial charge in [-0.3, -0.25) is 0 Å². The normalized spacial score (nSPS) is 11.5. The molecule has 8 rings (SSSR count). The fourth-order valence-corrected chi connectivity index (χ4v) is 6.64. The molecule has 0 aromatic heterocycles. The minimum absolute atomic E-state index is 0.0454. The fourth-order valence-electron chi connectivity index (χ4n) is 6.64. The first-order chi connectivity index (χ1) is 21.8. The topological polar surface area (TPSA) is 29.5 Å². The number of fused-ring (bicyclic) bond motifs is 4. The Kier molecular flexibility index (Phi) is 6.55. The van der Waals surface area contributed by atoms with E-state index in [-0.39, 0.29) is 13.2 Å². The maximum atomic E-state index is 9.67. The van der Waals surface area contributed by atoms with Crippen LogP contribution < -0.4 is 4.74 Å². The van der Waals surface area contributed by atoms with Gasteiger partial charge in [-0.2, -0.15) is 0 Å². The summed E-state index contributed by atoms with van der Waals surface area (Å²) in [6.45, 7) is 0.187. The van der Waals surface area contributed by atoms with E-state index in [1.165, 1.54) is 49.2 Å². The predicted molar refractivity (Wildman–Crippen MR) is 185 cm³/mol. The molecule has 8 aromatic rings. The molecule has 0 saturated carbocycles. The number of benzene rings is 8. The molecule has 0 unspecified atom stereocenters. The second-order valence-electron chi connectivity index (χ2n) is 11.2. The molecule has 44 heavy (non-hydrogen) atoms. The molecular weight excluding hydrogens is 536 g/mol. The predicted octanol–water partition coefficient (Wildman–Crippen LogP) is 10.7. The Labute approximate surface area is 256 Å². The third-order valence-electron chi connectivity index (χ3n) is 8.68. The third kappa shape index (κ3) is 4.48. The van der Waals surface area contributed by atoms with Gasteiger partial charge in [-0.15, -0.1) is 0 Å². The van der Waals surface area contributed by atoms with Crippen molar-refractivity contribution in [3.63, 3.8) is 0 Å². The van der Waals surface area contributed by atoms with Gasteiger partial charge >= 0.3 is 0 Å². The van der Waals surface area contributed by atoms with Crippen molar-refractivity contribution in [1.82, 2.24) is 0 Å². The molecule has 0 aliphatic rings. The molecule has 0 atom stereocenters. The molecule has 2 nitrogen and oxygen atoms in total. The van der Waals surface area contributed by atoms with E-state index in [4.69, 9.17) is 4.74 Å². The summed E-state index contributed by atoms with van der Waals surface area (Å²) in [5.41, 5.74) is 6.91. The van der Waals surface area contributed by atoms with Crippen LogP contribution in [0, 0.1) is 0 Å². The summed E-state index contributed by atoms with van der Waals surface area (Å²) in [5, 5.41) is 19.2. The van der Waals surface area contributed by atoms with Crippen LogP contribution in [0.25, 0.3) is 76.5 Å². The van der Waals surface area contributed by atoms with Crippen molar-refractivity contribution in [1.29, 1.82) is 0 Å². The molecule has 0 saturated heterocycles. The Bertz CT molecular complexity index is 2330. The molecule has 0 fully saturated rings. The van der Waals surface area contributed by atoms with Crippen LogP contribution in [0.1, 0.15) is 0 Å². The monoisotopic (exact) mass is 566 g/mol. The lowest BCUT2D eigenvalue weighted by Gasteiger charge is -2.18. The van der Waals surface area contributed by atoms with Crippen LogP contribution in [-0.4, -0.2) is 18.3 Å².